The van der Waals surface area contributed by atoms with Crippen molar-refractivity contribution in [2.24, 2.45) is 0 Å². The number of piperidine rings is 1. The van der Waals surface area contributed by atoms with Crippen LogP contribution in [-0.4, -0.2) is 28.0 Å². The normalized spacial score (nSPS) is 23.3. The largest absolute Gasteiger partial charge is 0.453 e. The van der Waals surface area contributed by atoms with Crippen LogP contribution in [0.2, 0.25) is 0 Å². The Morgan fingerprint density at radius 3 is 2.38 bits per heavy atom. The molecule has 5 heteroatoms. The number of anilines is 2. The zero-order chi connectivity index (χ0) is 22.5. The summed E-state index contributed by atoms with van der Waals surface area (Å²) in [6, 6.07) is 25.5. The number of thiophene rings is 1. The van der Waals surface area contributed by atoms with Crippen molar-refractivity contribution in [2.75, 3.05) is 4.90 Å². The monoisotopic (exact) mass is 465 g/mol. The lowest BCUT2D eigenvalue weighted by molar-refractivity contribution is 0.120. The van der Waals surface area contributed by atoms with Gasteiger partial charge in [-0.1, -0.05) is 24.3 Å². The van der Waals surface area contributed by atoms with Crippen LogP contribution in [0, 0.1) is 0 Å². The summed E-state index contributed by atoms with van der Waals surface area (Å²) in [5.41, 5.74) is 4.70. The second-order valence-electron chi connectivity index (χ2n) is 9.62. The highest BCUT2D eigenvalue weighted by Crippen LogP contribution is 2.51. The van der Waals surface area contributed by atoms with Crippen LogP contribution in [0.15, 0.2) is 84.5 Å². The molecule has 2 fully saturated rings. The minimum Gasteiger partial charge on any atom is -0.453 e. The molecule has 0 N–H and O–H groups in total. The van der Waals surface area contributed by atoms with Crippen LogP contribution in [-0.2, 0) is 6.54 Å². The van der Waals surface area contributed by atoms with Gasteiger partial charge in [0.05, 0.1) is 11.4 Å². The zero-order valence-electron chi connectivity index (χ0n) is 19.0. The Hall–Kier alpha value is -3.15. The number of ether oxygens (including phenoxy) is 1. The second-order valence-corrected chi connectivity index (χ2v) is 10.7. The zero-order valence-corrected chi connectivity index (χ0v) is 19.8. The van der Waals surface area contributed by atoms with E-state index in [1.165, 1.54) is 41.9 Å². The number of rotatable bonds is 4. The number of hydrogen-bond acceptors (Lipinski definition) is 5. The summed E-state index contributed by atoms with van der Waals surface area (Å²) in [6.45, 7) is 1.10. The van der Waals surface area contributed by atoms with Gasteiger partial charge in [0, 0.05) is 41.9 Å². The van der Waals surface area contributed by atoms with Gasteiger partial charge < -0.3 is 9.64 Å². The van der Waals surface area contributed by atoms with E-state index in [1.54, 1.807) is 0 Å². The Kier molecular flexibility index (Phi) is 4.92. The van der Waals surface area contributed by atoms with Crippen molar-refractivity contribution in [3.05, 3.63) is 89.4 Å². The van der Waals surface area contributed by atoms with E-state index in [0.717, 1.165) is 29.2 Å². The molecule has 5 heterocycles. The topological polar surface area (TPSA) is 28.6 Å². The third-order valence-electron chi connectivity index (χ3n) is 7.72. The van der Waals surface area contributed by atoms with Gasteiger partial charge in [-0.3, -0.25) is 9.88 Å². The lowest BCUT2D eigenvalue weighted by Crippen LogP contribution is -2.49. The molecule has 34 heavy (non-hydrogen) atoms. The van der Waals surface area contributed by atoms with Crippen LogP contribution < -0.4 is 9.64 Å². The van der Waals surface area contributed by atoms with E-state index >= 15 is 0 Å². The van der Waals surface area contributed by atoms with Gasteiger partial charge in [-0.2, -0.15) is 0 Å². The van der Waals surface area contributed by atoms with E-state index in [9.17, 15) is 0 Å². The van der Waals surface area contributed by atoms with E-state index in [1.807, 2.05) is 23.7 Å². The Labute approximate surface area is 204 Å². The molecule has 0 saturated carbocycles. The van der Waals surface area contributed by atoms with Crippen molar-refractivity contribution in [1.82, 2.24) is 9.88 Å². The fourth-order valence-electron chi connectivity index (χ4n) is 6.20. The van der Waals surface area contributed by atoms with Crippen LogP contribution in [0.1, 0.15) is 30.6 Å². The molecule has 2 saturated heterocycles. The molecule has 170 valence electrons. The van der Waals surface area contributed by atoms with Crippen molar-refractivity contribution in [3.63, 3.8) is 0 Å². The van der Waals surface area contributed by atoms with Crippen LogP contribution >= 0.6 is 11.3 Å². The van der Waals surface area contributed by atoms with Crippen molar-refractivity contribution in [3.8, 4) is 22.6 Å². The molecule has 0 spiro atoms. The molecule has 0 radical (unpaired) electrons. The number of fused-ring (bicyclic) bond motifs is 4. The average molecular weight is 466 g/mol. The van der Waals surface area contributed by atoms with Crippen molar-refractivity contribution < 1.29 is 4.74 Å². The standard InChI is InChI=1S/C29H27N3OS/c1-2-6-28-26(5-1)32(27-10-7-21(16-29(27)33-28)20-11-13-30-14-12-20)24-17-22-8-9-23(18-24)31(22)19-25-4-3-15-34-25/h1-7,10-16,22-24H,8-9,17-19H2/t22-,23+,24?. The van der Waals surface area contributed by atoms with Gasteiger partial charge in [0.15, 0.2) is 11.5 Å². The van der Waals surface area contributed by atoms with E-state index in [2.05, 4.69) is 86.9 Å². The van der Waals surface area contributed by atoms with Gasteiger partial charge in [-0.15, -0.1) is 11.3 Å². The van der Waals surface area contributed by atoms with Crippen molar-refractivity contribution in [2.45, 2.75) is 50.4 Å². The summed E-state index contributed by atoms with van der Waals surface area (Å²) < 4.78 is 6.45. The molecule has 1 unspecified atom stereocenters. The summed E-state index contributed by atoms with van der Waals surface area (Å²) in [5, 5.41) is 2.20. The second kappa shape index (κ2) is 8.26. The first-order chi connectivity index (χ1) is 16.8. The van der Waals surface area contributed by atoms with Gasteiger partial charge in [-0.25, -0.2) is 0 Å². The highest BCUT2D eigenvalue weighted by Gasteiger charge is 2.44. The Bertz CT molecular complexity index is 1290. The van der Waals surface area contributed by atoms with E-state index in [-0.39, 0.29) is 0 Å². The minimum absolute atomic E-state index is 0.479. The third kappa shape index (κ3) is 3.42. The van der Waals surface area contributed by atoms with Crippen LogP contribution in [0.25, 0.3) is 11.1 Å². The van der Waals surface area contributed by atoms with Crippen molar-refractivity contribution in [1.29, 1.82) is 0 Å². The predicted molar refractivity (Wildman–Crippen MR) is 138 cm³/mol. The summed E-state index contributed by atoms with van der Waals surface area (Å²) in [7, 11) is 0. The smallest absolute Gasteiger partial charge is 0.151 e. The number of pyridine rings is 1. The lowest BCUT2D eigenvalue weighted by Gasteiger charge is -2.46. The van der Waals surface area contributed by atoms with Crippen LogP contribution in [0.5, 0.6) is 11.5 Å². The molecular formula is C29H27N3OS. The fourth-order valence-corrected chi connectivity index (χ4v) is 6.91. The third-order valence-corrected chi connectivity index (χ3v) is 8.58. The minimum atomic E-state index is 0.479. The van der Waals surface area contributed by atoms with E-state index in [4.69, 9.17) is 4.74 Å². The highest BCUT2D eigenvalue weighted by molar-refractivity contribution is 7.09. The first-order valence-corrected chi connectivity index (χ1v) is 13.1. The molecule has 7 rings (SSSR count). The number of hydrogen-bond donors (Lipinski definition) is 0. The number of nitrogens with zero attached hydrogens (tertiary/aromatic N) is 3. The van der Waals surface area contributed by atoms with Crippen molar-refractivity contribution >= 4 is 22.7 Å². The molecule has 3 aliphatic heterocycles. The predicted octanol–water partition coefficient (Wildman–Crippen LogP) is 7.25. The maximum absolute atomic E-state index is 6.45. The molecule has 2 aromatic heterocycles. The van der Waals surface area contributed by atoms with Crippen LogP contribution in [0.3, 0.4) is 0 Å². The molecular weight excluding hydrogens is 438 g/mol. The first-order valence-electron chi connectivity index (χ1n) is 12.2. The summed E-state index contributed by atoms with van der Waals surface area (Å²) in [5.74, 6) is 1.90. The Morgan fingerprint density at radius 1 is 0.794 bits per heavy atom. The molecule has 3 atom stereocenters. The number of aromatic nitrogens is 1. The number of benzene rings is 2. The first kappa shape index (κ1) is 20.2. The summed E-state index contributed by atoms with van der Waals surface area (Å²) >= 11 is 1.89. The van der Waals surface area contributed by atoms with E-state index in [0.29, 0.717) is 18.1 Å². The SMILES string of the molecule is c1csc(CN2[C@@H]3CC[C@H]2CC(N2c4ccccc4Oc4cc(-c5ccncc5)ccc42)C3)c1. The highest BCUT2D eigenvalue weighted by atomic mass is 32.1. The molecule has 3 aliphatic rings. The van der Waals surface area contributed by atoms with Gasteiger partial charge in [0.1, 0.15) is 0 Å². The molecule has 2 bridgehead atoms. The number of para-hydroxylation sites is 2. The molecule has 2 aromatic carbocycles. The fraction of sp³-hybridized carbons (Fsp3) is 0.276. The van der Waals surface area contributed by atoms with Gasteiger partial charge in [0.2, 0.25) is 0 Å². The van der Waals surface area contributed by atoms with Gasteiger partial charge in [0.25, 0.3) is 0 Å². The molecule has 0 aliphatic carbocycles. The Balaban J connectivity index is 1.23. The van der Waals surface area contributed by atoms with Gasteiger partial charge in [-0.05, 0) is 84.7 Å². The summed E-state index contributed by atoms with van der Waals surface area (Å²) in [4.78, 5) is 11.0. The summed E-state index contributed by atoms with van der Waals surface area (Å²) in [6.07, 6.45) is 8.70. The maximum atomic E-state index is 6.45. The molecule has 4 aromatic rings. The lowest BCUT2D eigenvalue weighted by atomic mass is 9.93. The van der Waals surface area contributed by atoms with E-state index < -0.39 is 0 Å². The van der Waals surface area contributed by atoms with Crippen LogP contribution in [0.4, 0.5) is 11.4 Å². The quantitative estimate of drug-likeness (QED) is 0.317. The maximum Gasteiger partial charge on any atom is 0.151 e. The average Bonchev–Trinajstić information content (AvgIpc) is 3.47. The van der Waals surface area contributed by atoms with Gasteiger partial charge >= 0.3 is 0 Å². The molecule has 4 nitrogen and oxygen atoms in total. The Morgan fingerprint density at radius 2 is 1.59 bits per heavy atom. The molecule has 0 amide bonds.